The molecule has 3 amide bonds. The van der Waals surface area contributed by atoms with E-state index < -0.39 is 11.9 Å². The fourth-order valence-corrected chi connectivity index (χ4v) is 2.13. The molecule has 0 atom stereocenters. The number of fused-ring (bicyclic) bond motifs is 1. The first-order valence-electron chi connectivity index (χ1n) is 6.19. The minimum Gasteiger partial charge on any atom is -0.478 e. The number of carbonyl (C=O) groups excluding carboxylic acids is 2. The SMILES string of the molecule is NC(=O)CCNC(=O)N1CCc2cc(C(=O)O)ccc21. The Balaban J connectivity index is 2.06. The Hall–Kier alpha value is -2.57. The molecule has 20 heavy (non-hydrogen) atoms. The summed E-state index contributed by atoms with van der Waals surface area (Å²) in [5.41, 5.74) is 6.73. The predicted octanol–water partition coefficient (Wildman–Crippen LogP) is 0.332. The van der Waals surface area contributed by atoms with Crippen molar-refractivity contribution in [2.24, 2.45) is 5.73 Å². The molecular formula is C13H15N3O4. The van der Waals surface area contributed by atoms with Crippen LogP contribution >= 0.6 is 0 Å². The van der Waals surface area contributed by atoms with Gasteiger partial charge in [0.1, 0.15) is 0 Å². The average molecular weight is 277 g/mol. The monoisotopic (exact) mass is 277 g/mol. The Kier molecular flexibility index (Phi) is 3.88. The topological polar surface area (TPSA) is 113 Å². The molecule has 0 saturated carbocycles. The van der Waals surface area contributed by atoms with Crippen LogP contribution < -0.4 is 16.0 Å². The second-order valence-corrected chi connectivity index (χ2v) is 4.50. The Morgan fingerprint density at radius 2 is 2.10 bits per heavy atom. The minimum absolute atomic E-state index is 0.0877. The Labute approximate surface area is 115 Å². The zero-order valence-corrected chi connectivity index (χ0v) is 10.8. The highest BCUT2D eigenvalue weighted by atomic mass is 16.4. The van der Waals surface area contributed by atoms with E-state index in [9.17, 15) is 14.4 Å². The molecule has 0 spiro atoms. The van der Waals surface area contributed by atoms with E-state index in [0.29, 0.717) is 18.7 Å². The number of aromatic carboxylic acids is 1. The van der Waals surface area contributed by atoms with Crippen molar-refractivity contribution in [1.82, 2.24) is 5.32 Å². The number of nitrogens with one attached hydrogen (secondary N) is 1. The maximum atomic E-state index is 12.0. The highest BCUT2D eigenvalue weighted by Crippen LogP contribution is 2.28. The third-order valence-electron chi connectivity index (χ3n) is 3.11. The van der Waals surface area contributed by atoms with Crippen LogP contribution in [-0.2, 0) is 11.2 Å². The van der Waals surface area contributed by atoms with Crippen LogP contribution in [0.1, 0.15) is 22.3 Å². The molecule has 0 aliphatic carbocycles. The molecule has 106 valence electrons. The fourth-order valence-electron chi connectivity index (χ4n) is 2.13. The molecule has 0 bridgehead atoms. The zero-order valence-electron chi connectivity index (χ0n) is 10.8. The molecule has 0 aromatic heterocycles. The first-order valence-corrected chi connectivity index (χ1v) is 6.19. The van der Waals surface area contributed by atoms with Gasteiger partial charge < -0.3 is 16.2 Å². The number of amides is 3. The van der Waals surface area contributed by atoms with E-state index in [1.54, 1.807) is 12.1 Å². The maximum Gasteiger partial charge on any atom is 0.335 e. The van der Waals surface area contributed by atoms with E-state index in [2.05, 4.69) is 5.32 Å². The van der Waals surface area contributed by atoms with Gasteiger partial charge in [0.15, 0.2) is 0 Å². The lowest BCUT2D eigenvalue weighted by Crippen LogP contribution is -2.40. The molecule has 1 aliphatic heterocycles. The van der Waals surface area contributed by atoms with Crippen LogP contribution in [0, 0.1) is 0 Å². The molecule has 7 nitrogen and oxygen atoms in total. The number of primary amides is 1. The predicted molar refractivity (Wildman–Crippen MR) is 71.7 cm³/mol. The van der Waals surface area contributed by atoms with Gasteiger partial charge >= 0.3 is 12.0 Å². The second-order valence-electron chi connectivity index (χ2n) is 4.50. The van der Waals surface area contributed by atoms with Crippen LogP contribution in [0.2, 0.25) is 0 Å². The van der Waals surface area contributed by atoms with Crippen LogP contribution in [0.25, 0.3) is 0 Å². The number of nitrogens with zero attached hydrogens (tertiary/aromatic N) is 1. The molecular weight excluding hydrogens is 262 g/mol. The molecule has 1 aromatic rings. The molecule has 0 unspecified atom stereocenters. The Morgan fingerprint density at radius 1 is 1.35 bits per heavy atom. The summed E-state index contributed by atoms with van der Waals surface area (Å²) in [5.74, 6) is -1.46. The highest BCUT2D eigenvalue weighted by molar-refractivity contribution is 5.96. The van der Waals surface area contributed by atoms with E-state index in [0.717, 1.165) is 5.56 Å². The molecule has 1 heterocycles. The lowest BCUT2D eigenvalue weighted by Gasteiger charge is -2.17. The number of urea groups is 1. The van der Waals surface area contributed by atoms with Crippen molar-refractivity contribution >= 4 is 23.6 Å². The first kappa shape index (κ1) is 13.9. The molecule has 0 saturated heterocycles. The van der Waals surface area contributed by atoms with Crippen LogP contribution in [0.5, 0.6) is 0 Å². The average Bonchev–Trinajstić information content (AvgIpc) is 2.80. The smallest absolute Gasteiger partial charge is 0.335 e. The van der Waals surface area contributed by atoms with Gasteiger partial charge in [0.2, 0.25) is 5.91 Å². The summed E-state index contributed by atoms with van der Waals surface area (Å²) in [6, 6.07) is 4.36. The van der Waals surface area contributed by atoms with Gasteiger partial charge in [-0.15, -0.1) is 0 Å². The number of nitrogens with two attached hydrogens (primary N) is 1. The molecule has 0 radical (unpaired) electrons. The maximum absolute atomic E-state index is 12.0. The highest BCUT2D eigenvalue weighted by Gasteiger charge is 2.25. The lowest BCUT2D eigenvalue weighted by atomic mass is 10.1. The number of hydrogen-bond donors (Lipinski definition) is 3. The summed E-state index contributed by atoms with van der Waals surface area (Å²) in [6.45, 7) is 0.675. The van der Waals surface area contributed by atoms with Gasteiger partial charge in [-0.1, -0.05) is 0 Å². The number of carboxylic acid groups (broad SMARTS) is 1. The van der Waals surface area contributed by atoms with Crippen molar-refractivity contribution in [3.63, 3.8) is 0 Å². The minimum atomic E-state index is -0.989. The number of carbonyl (C=O) groups is 3. The normalized spacial score (nSPS) is 12.9. The van der Waals surface area contributed by atoms with Crippen molar-refractivity contribution in [3.8, 4) is 0 Å². The molecule has 4 N–H and O–H groups in total. The van der Waals surface area contributed by atoms with Crippen LogP contribution in [-0.4, -0.2) is 36.1 Å². The molecule has 2 rings (SSSR count). The number of anilines is 1. The molecule has 1 aliphatic rings. The third kappa shape index (κ3) is 2.87. The van der Waals surface area contributed by atoms with E-state index in [1.165, 1.54) is 11.0 Å². The molecule has 0 fully saturated rings. The van der Waals surface area contributed by atoms with Crippen LogP contribution in [0.15, 0.2) is 18.2 Å². The van der Waals surface area contributed by atoms with Crippen molar-refractivity contribution in [3.05, 3.63) is 29.3 Å². The standard InChI is InChI=1S/C13H15N3O4/c14-11(17)3-5-15-13(20)16-6-4-8-7-9(12(18)19)1-2-10(8)16/h1-2,7H,3-6H2,(H2,14,17)(H,15,20)(H,18,19). The third-order valence-corrected chi connectivity index (χ3v) is 3.11. The largest absolute Gasteiger partial charge is 0.478 e. The second kappa shape index (κ2) is 5.60. The summed E-state index contributed by atoms with van der Waals surface area (Å²) < 4.78 is 0. The molecule has 7 heteroatoms. The summed E-state index contributed by atoms with van der Waals surface area (Å²) in [4.78, 5) is 35.0. The van der Waals surface area contributed by atoms with Crippen molar-refractivity contribution in [2.75, 3.05) is 18.0 Å². The van der Waals surface area contributed by atoms with E-state index in [4.69, 9.17) is 10.8 Å². The number of benzene rings is 1. The number of rotatable bonds is 4. The zero-order chi connectivity index (χ0) is 14.7. The van der Waals surface area contributed by atoms with Gasteiger partial charge in [0.25, 0.3) is 0 Å². The number of hydrogen-bond acceptors (Lipinski definition) is 3. The lowest BCUT2D eigenvalue weighted by molar-refractivity contribution is -0.117. The first-order chi connectivity index (χ1) is 9.49. The fraction of sp³-hybridized carbons (Fsp3) is 0.308. The molecule has 1 aromatic carbocycles. The van der Waals surface area contributed by atoms with Crippen molar-refractivity contribution < 1.29 is 19.5 Å². The van der Waals surface area contributed by atoms with Gasteiger partial charge in [0.05, 0.1) is 5.56 Å². The Morgan fingerprint density at radius 3 is 2.75 bits per heavy atom. The van der Waals surface area contributed by atoms with Gasteiger partial charge in [-0.2, -0.15) is 0 Å². The quantitative estimate of drug-likeness (QED) is 0.736. The van der Waals surface area contributed by atoms with Gasteiger partial charge in [-0.05, 0) is 30.2 Å². The number of carboxylic acids is 1. The van der Waals surface area contributed by atoms with Crippen molar-refractivity contribution in [2.45, 2.75) is 12.8 Å². The van der Waals surface area contributed by atoms with Crippen LogP contribution in [0.3, 0.4) is 0 Å². The van der Waals surface area contributed by atoms with Crippen molar-refractivity contribution in [1.29, 1.82) is 0 Å². The van der Waals surface area contributed by atoms with E-state index in [-0.39, 0.29) is 24.6 Å². The summed E-state index contributed by atoms with van der Waals surface area (Å²) in [7, 11) is 0. The van der Waals surface area contributed by atoms with Gasteiger partial charge in [-0.3, -0.25) is 9.69 Å². The summed E-state index contributed by atoms with van der Waals surface area (Å²) in [6.07, 6.45) is 0.698. The Bertz CT molecular complexity index is 571. The van der Waals surface area contributed by atoms with E-state index in [1.807, 2.05) is 0 Å². The summed E-state index contributed by atoms with van der Waals surface area (Å²) in [5, 5.41) is 11.5. The van der Waals surface area contributed by atoms with Gasteiger partial charge in [0, 0.05) is 25.2 Å². The van der Waals surface area contributed by atoms with Crippen LogP contribution in [0.4, 0.5) is 10.5 Å². The van der Waals surface area contributed by atoms with Gasteiger partial charge in [-0.25, -0.2) is 9.59 Å². The summed E-state index contributed by atoms with van der Waals surface area (Å²) >= 11 is 0. The van der Waals surface area contributed by atoms with E-state index >= 15 is 0 Å².